The van der Waals surface area contributed by atoms with Crippen LogP contribution in [0, 0.1) is 0 Å². The number of nitrogens with two attached hydrogens (primary N) is 2. The summed E-state index contributed by atoms with van der Waals surface area (Å²) < 4.78 is 1.53. The van der Waals surface area contributed by atoms with Gasteiger partial charge in [0.05, 0.1) is 11.8 Å². The van der Waals surface area contributed by atoms with E-state index in [1.807, 2.05) is 12.1 Å². The van der Waals surface area contributed by atoms with E-state index in [0.29, 0.717) is 24.3 Å². The van der Waals surface area contributed by atoms with Crippen molar-refractivity contribution in [2.75, 3.05) is 6.54 Å². The molecule has 0 aromatic carbocycles. The van der Waals surface area contributed by atoms with Crippen molar-refractivity contribution in [1.29, 1.82) is 0 Å². The van der Waals surface area contributed by atoms with Crippen LogP contribution in [0.25, 0.3) is 5.82 Å². The van der Waals surface area contributed by atoms with E-state index >= 15 is 0 Å². The van der Waals surface area contributed by atoms with E-state index in [1.165, 1.54) is 10.9 Å². The summed E-state index contributed by atoms with van der Waals surface area (Å²) in [6.07, 6.45) is 5.35. The summed E-state index contributed by atoms with van der Waals surface area (Å²) in [6.45, 7) is 0.530. The Bertz CT molecular complexity index is 534. The Hall–Kier alpha value is -2.21. The van der Waals surface area contributed by atoms with Crippen molar-refractivity contribution in [3.63, 3.8) is 0 Å². The first-order valence-electron chi connectivity index (χ1n) is 5.21. The van der Waals surface area contributed by atoms with Crippen LogP contribution in [0.4, 0.5) is 0 Å². The van der Waals surface area contributed by atoms with E-state index in [4.69, 9.17) is 11.5 Å². The Labute approximate surface area is 98.3 Å². The van der Waals surface area contributed by atoms with Crippen LogP contribution in [-0.4, -0.2) is 27.2 Å². The fourth-order valence-corrected chi connectivity index (χ4v) is 1.55. The molecular formula is C11H13N5O. The van der Waals surface area contributed by atoms with E-state index in [9.17, 15) is 4.79 Å². The van der Waals surface area contributed by atoms with Crippen molar-refractivity contribution in [2.45, 2.75) is 6.42 Å². The maximum absolute atomic E-state index is 11.0. The number of nitrogens with zero attached hydrogens (tertiary/aromatic N) is 3. The normalized spacial score (nSPS) is 10.4. The van der Waals surface area contributed by atoms with Gasteiger partial charge in [-0.05, 0) is 24.6 Å². The topological polar surface area (TPSA) is 99.8 Å². The molecule has 0 atom stereocenters. The molecule has 0 aliphatic rings. The largest absolute Gasteiger partial charge is 0.366 e. The first kappa shape index (κ1) is 11.3. The minimum atomic E-state index is -0.507. The molecule has 2 aromatic rings. The van der Waals surface area contributed by atoms with Crippen LogP contribution in [0.15, 0.2) is 30.7 Å². The standard InChI is InChI=1S/C11H13N5O/c12-4-3-8-2-1-5-14-11(8)16-7-9(6-15-16)10(13)17/h1-2,5-7H,3-4,12H2,(H2,13,17). The molecule has 17 heavy (non-hydrogen) atoms. The third-order valence-electron chi connectivity index (χ3n) is 2.37. The smallest absolute Gasteiger partial charge is 0.251 e. The molecule has 2 aromatic heterocycles. The zero-order valence-corrected chi connectivity index (χ0v) is 9.21. The summed E-state index contributed by atoms with van der Waals surface area (Å²) in [7, 11) is 0. The molecule has 2 heterocycles. The van der Waals surface area contributed by atoms with Gasteiger partial charge in [-0.15, -0.1) is 0 Å². The van der Waals surface area contributed by atoms with Gasteiger partial charge in [-0.3, -0.25) is 4.79 Å². The monoisotopic (exact) mass is 231 g/mol. The lowest BCUT2D eigenvalue weighted by Crippen LogP contribution is -2.10. The molecule has 0 fully saturated rings. The van der Waals surface area contributed by atoms with Gasteiger partial charge in [-0.1, -0.05) is 6.07 Å². The highest BCUT2D eigenvalue weighted by Gasteiger charge is 2.09. The molecule has 0 aliphatic heterocycles. The number of hydrogen-bond acceptors (Lipinski definition) is 4. The van der Waals surface area contributed by atoms with Gasteiger partial charge in [0.2, 0.25) is 0 Å². The second-order valence-electron chi connectivity index (χ2n) is 3.56. The number of carbonyl (C=O) groups excluding carboxylic acids is 1. The zero-order valence-electron chi connectivity index (χ0n) is 9.21. The summed E-state index contributed by atoms with van der Waals surface area (Å²) >= 11 is 0. The third-order valence-corrected chi connectivity index (χ3v) is 2.37. The van der Waals surface area contributed by atoms with E-state index in [-0.39, 0.29) is 0 Å². The van der Waals surface area contributed by atoms with Crippen molar-refractivity contribution in [2.24, 2.45) is 11.5 Å². The van der Waals surface area contributed by atoms with E-state index in [2.05, 4.69) is 10.1 Å². The number of primary amides is 1. The number of amides is 1. The Balaban J connectivity index is 2.41. The second kappa shape index (κ2) is 4.75. The number of rotatable bonds is 4. The lowest BCUT2D eigenvalue weighted by molar-refractivity contribution is 0.100. The SMILES string of the molecule is NCCc1cccnc1-n1cc(C(N)=O)cn1. The van der Waals surface area contributed by atoms with Crippen molar-refractivity contribution < 1.29 is 4.79 Å². The predicted octanol–water partition coefficient (Wildman–Crippen LogP) is -0.133. The number of carbonyl (C=O) groups is 1. The number of aromatic nitrogens is 3. The zero-order chi connectivity index (χ0) is 12.3. The van der Waals surface area contributed by atoms with Crippen LogP contribution in [0.5, 0.6) is 0 Å². The predicted molar refractivity (Wildman–Crippen MR) is 62.6 cm³/mol. The van der Waals surface area contributed by atoms with Crippen LogP contribution >= 0.6 is 0 Å². The van der Waals surface area contributed by atoms with E-state index in [0.717, 1.165) is 5.56 Å². The highest BCUT2D eigenvalue weighted by atomic mass is 16.1. The quantitative estimate of drug-likeness (QED) is 0.765. The van der Waals surface area contributed by atoms with Crippen molar-refractivity contribution in [3.05, 3.63) is 41.9 Å². The Morgan fingerprint density at radius 2 is 2.29 bits per heavy atom. The highest BCUT2D eigenvalue weighted by Crippen LogP contribution is 2.11. The van der Waals surface area contributed by atoms with E-state index < -0.39 is 5.91 Å². The van der Waals surface area contributed by atoms with Gasteiger partial charge in [0.25, 0.3) is 5.91 Å². The molecule has 0 spiro atoms. The molecule has 0 bridgehead atoms. The summed E-state index contributed by atoms with van der Waals surface area (Å²) in [5.74, 6) is 0.165. The maximum Gasteiger partial charge on any atom is 0.251 e. The van der Waals surface area contributed by atoms with Crippen LogP contribution in [0.1, 0.15) is 15.9 Å². The molecule has 2 rings (SSSR count). The summed E-state index contributed by atoms with van der Waals surface area (Å²) in [5.41, 5.74) is 12.0. The maximum atomic E-state index is 11.0. The fraction of sp³-hybridized carbons (Fsp3) is 0.182. The average Bonchev–Trinajstić information content (AvgIpc) is 2.79. The summed E-state index contributed by atoms with van der Waals surface area (Å²) in [6, 6.07) is 3.77. The molecule has 0 unspecified atom stereocenters. The molecule has 4 N–H and O–H groups in total. The van der Waals surface area contributed by atoms with Gasteiger partial charge >= 0.3 is 0 Å². The Morgan fingerprint density at radius 3 is 2.94 bits per heavy atom. The minimum absolute atomic E-state index is 0.356. The summed E-state index contributed by atoms with van der Waals surface area (Å²) in [4.78, 5) is 15.2. The second-order valence-corrected chi connectivity index (χ2v) is 3.56. The molecule has 1 amide bonds. The highest BCUT2D eigenvalue weighted by molar-refractivity contribution is 5.92. The molecule has 0 radical (unpaired) electrons. The molecule has 0 aliphatic carbocycles. The van der Waals surface area contributed by atoms with Gasteiger partial charge in [-0.2, -0.15) is 5.10 Å². The van der Waals surface area contributed by atoms with Gasteiger partial charge in [0.1, 0.15) is 0 Å². The molecule has 6 heteroatoms. The number of hydrogen-bond donors (Lipinski definition) is 2. The van der Waals surface area contributed by atoms with E-state index in [1.54, 1.807) is 12.4 Å². The fourth-order valence-electron chi connectivity index (χ4n) is 1.55. The Morgan fingerprint density at radius 1 is 1.47 bits per heavy atom. The molecule has 6 nitrogen and oxygen atoms in total. The molecule has 0 saturated carbocycles. The third kappa shape index (κ3) is 2.31. The van der Waals surface area contributed by atoms with Crippen molar-refractivity contribution in [3.8, 4) is 5.82 Å². The van der Waals surface area contributed by atoms with Crippen LogP contribution < -0.4 is 11.5 Å². The molecule has 0 saturated heterocycles. The lowest BCUT2D eigenvalue weighted by Gasteiger charge is -2.06. The Kier molecular flexibility index (Phi) is 3.15. The van der Waals surface area contributed by atoms with Gasteiger partial charge in [0.15, 0.2) is 5.82 Å². The average molecular weight is 231 g/mol. The molecular weight excluding hydrogens is 218 g/mol. The summed E-state index contributed by atoms with van der Waals surface area (Å²) in [5, 5.41) is 4.06. The molecule has 88 valence electrons. The minimum Gasteiger partial charge on any atom is -0.366 e. The number of pyridine rings is 1. The lowest BCUT2D eigenvalue weighted by atomic mass is 10.2. The van der Waals surface area contributed by atoms with Gasteiger partial charge < -0.3 is 11.5 Å². The van der Waals surface area contributed by atoms with Crippen LogP contribution in [0.3, 0.4) is 0 Å². The van der Waals surface area contributed by atoms with Crippen molar-refractivity contribution >= 4 is 5.91 Å². The van der Waals surface area contributed by atoms with Crippen molar-refractivity contribution in [1.82, 2.24) is 14.8 Å². The van der Waals surface area contributed by atoms with Gasteiger partial charge in [-0.25, -0.2) is 9.67 Å². The van der Waals surface area contributed by atoms with Crippen LogP contribution in [-0.2, 0) is 6.42 Å². The van der Waals surface area contributed by atoms with Crippen LogP contribution in [0.2, 0.25) is 0 Å². The first-order valence-corrected chi connectivity index (χ1v) is 5.21. The van der Waals surface area contributed by atoms with Gasteiger partial charge in [0, 0.05) is 12.4 Å². The first-order chi connectivity index (χ1) is 8.22.